The molecule has 0 heterocycles. The van der Waals surface area contributed by atoms with Gasteiger partial charge in [0.25, 0.3) is 0 Å². The first-order valence-electron chi connectivity index (χ1n) is 5.62. The van der Waals surface area contributed by atoms with Crippen LogP contribution >= 0.6 is 0 Å². The molecule has 0 bridgehead atoms. The lowest BCUT2D eigenvalue weighted by Gasteiger charge is -2.23. The van der Waals surface area contributed by atoms with Crippen molar-refractivity contribution < 1.29 is 14.7 Å². The van der Waals surface area contributed by atoms with Crippen molar-refractivity contribution in [1.82, 2.24) is 15.5 Å². The van der Waals surface area contributed by atoms with E-state index in [4.69, 9.17) is 5.11 Å². The van der Waals surface area contributed by atoms with Crippen LogP contribution in [0.1, 0.15) is 27.2 Å². The number of carbonyl (C=O) groups excluding carboxylic acids is 1. The van der Waals surface area contributed by atoms with Crippen LogP contribution in [0.15, 0.2) is 0 Å². The molecule has 17 heavy (non-hydrogen) atoms. The topological polar surface area (TPSA) is 81.7 Å². The zero-order valence-corrected chi connectivity index (χ0v) is 11.2. The van der Waals surface area contributed by atoms with Crippen molar-refractivity contribution in [3.8, 4) is 0 Å². The van der Waals surface area contributed by atoms with Crippen LogP contribution in [0.2, 0.25) is 0 Å². The third-order valence-corrected chi connectivity index (χ3v) is 2.35. The van der Waals surface area contributed by atoms with Gasteiger partial charge >= 0.3 is 12.0 Å². The minimum absolute atomic E-state index is 0.00185. The molecule has 6 nitrogen and oxygen atoms in total. The summed E-state index contributed by atoms with van der Waals surface area (Å²) in [5.41, 5.74) is -1.26. The van der Waals surface area contributed by atoms with Crippen molar-refractivity contribution >= 4 is 12.0 Å². The van der Waals surface area contributed by atoms with E-state index in [1.807, 2.05) is 25.9 Å². The van der Waals surface area contributed by atoms with Crippen LogP contribution in [0.4, 0.5) is 4.79 Å². The van der Waals surface area contributed by atoms with Gasteiger partial charge in [-0.2, -0.15) is 0 Å². The summed E-state index contributed by atoms with van der Waals surface area (Å²) in [4.78, 5) is 24.4. The Morgan fingerprint density at radius 3 is 2.29 bits per heavy atom. The summed E-state index contributed by atoms with van der Waals surface area (Å²) < 4.78 is 0. The molecule has 1 unspecified atom stereocenters. The first kappa shape index (κ1) is 15.7. The van der Waals surface area contributed by atoms with Gasteiger partial charge in [-0.1, -0.05) is 0 Å². The number of carboxylic acid groups (broad SMARTS) is 1. The van der Waals surface area contributed by atoms with E-state index in [0.29, 0.717) is 0 Å². The van der Waals surface area contributed by atoms with Crippen molar-refractivity contribution in [1.29, 1.82) is 0 Å². The number of amides is 2. The van der Waals surface area contributed by atoms with Crippen LogP contribution in [-0.2, 0) is 4.79 Å². The molecule has 0 spiro atoms. The van der Waals surface area contributed by atoms with Crippen molar-refractivity contribution in [3.63, 3.8) is 0 Å². The van der Waals surface area contributed by atoms with Gasteiger partial charge in [0, 0.05) is 6.04 Å². The van der Waals surface area contributed by atoms with Gasteiger partial charge in [-0.3, -0.25) is 0 Å². The fourth-order valence-corrected chi connectivity index (χ4v) is 1.12. The number of carboxylic acids is 1. The highest BCUT2D eigenvalue weighted by molar-refractivity contribution is 5.85. The second kappa shape index (κ2) is 6.44. The molecule has 0 saturated heterocycles. The number of nitrogens with one attached hydrogen (secondary N) is 2. The minimum atomic E-state index is -1.26. The van der Waals surface area contributed by atoms with Gasteiger partial charge in [-0.25, -0.2) is 9.59 Å². The highest BCUT2D eigenvalue weighted by Gasteiger charge is 2.29. The predicted octanol–water partition coefficient (Wildman–Crippen LogP) is 0.489. The van der Waals surface area contributed by atoms with Crippen LogP contribution in [0.3, 0.4) is 0 Å². The van der Waals surface area contributed by atoms with Crippen LogP contribution in [-0.4, -0.2) is 54.2 Å². The highest BCUT2D eigenvalue weighted by atomic mass is 16.4. The first-order chi connectivity index (χ1) is 7.65. The van der Waals surface area contributed by atoms with E-state index >= 15 is 0 Å². The number of nitrogens with zero attached hydrogens (tertiary/aromatic N) is 1. The maximum absolute atomic E-state index is 11.5. The molecular formula is C11H23N3O3. The van der Waals surface area contributed by atoms with Gasteiger partial charge in [-0.05, 0) is 47.8 Å². The summed E-state index contributed by atoms with van der Waals surface area (Å²) in [5, 5.41) is 14.0. The first-order valence-corrected chi connectivity index (χ1v) is 5.62. The summed E-state index contributed by atoms with van der Waals surface area (Å²) in [5.74, 6) is -1.06. The third kappa shape index (κ3) is 6.78. The SMILES string of the molecule is CC(CCN(C)C)NC(=O)NC(C)(C)C(=O)O. The second-order valence-corrected chi connectivity index (χ2v) is 5.02. The molecule has 100 valence electrons. The summed E-state index contributed by atoms with van der Waals surface area (Å²) in [6.45, 7) is 5.64. The number of hydrogen-bond acceptors (Lipinski definition) is 3. The molecule has 3 N–H and O–H groups in total. The Morgan fingerprint density at radius 1 is 1.35 bits per heavy atom. The van der Waals surface area contributed by atoms with E-state index in [9.17, 15) is 9.59 Å². The van der Waals surface area contributed by atoms with Gasteiger partial charge < -0.3 is 20.6 Å². The van der Waals surface area contributed by atoms with Crippen molar-refractivity contribution in [2.75, 3.05) is 20.6 Å². The monoisotopic (exact) mass is 245 g/mol. The average molecular weight is 245 g/mol. The lowest BCUT2D eigenvalue weighted by molar-refractivity contribution is -0.142. The lowest BCUT2D eigenvalue weighted by atomic mass is 10.1. The normalized spacial score (nSPS) is 13.3. The Balaban J connectivity index is 4.06. The van der Waals surface area contributed by atoms with Gasteiger partial charge in [0.1, 0.15) is 5.54 Å². The van der Waals surface area contributed by atoms with E-state index in [2.05, 4.69) is 10.6 Å². The second-order valence-electron chi connectivity index (χ2n) is 5.02. The van der Waals surface area contributed by atoms with Crippen LogP contribution < -0.4 is 10.6 Å². The van der Waals surface area contributed by atoms with E-state index in [1.165, 1.54) is 13.8 Å². The number of carbonyl (C=O) groups is 2. The summed E-state index contributed by atoms with van der Waals surface area (Å²) in [6.07, 6.45) is 0.813. The quantitative estimate of drug-likeness (QED) is 0.636. The largest absolute Gasteiger partial charge is 0.480 e. The van der Waals surface area contributed by atoms with Gasteiger partial charge in [-0.15, -0.1) is 0 Å². The Bertz CT molecular complexity index is 277. The fraction of sp³-hybridized carbons (Fsp3) is 0.818. The molecule has 0 aromatic heterocycles. The predicted molar refractivity (Wildman–Crippen MR) is 66.0 cm³/mol. The molecule has 0 rings (SSSR count). The molecule has 0 saturated carbocycles. The average Bonchev–Trinajstić information content (AvgIpc) is 2.13. The molecular weight excluding hydrogens is 222 g/mol. The van der Waals surface area contributed by atoms with Crippen LogP contribution in [0.25, 0.3) is 0 Å². The maximum Gasteiger partial charge on any atom is 0.328 e. The molecule has 6 heteroatoms. The zero-order valence-electron chi connectivity index (χ0n) is 11.2. The molecule has 0 fully saturated rings. The van der Waals surface area contributed by atoms with E-state index in [0.717, 1.165) is 13.0 Å². The molecule has 2 amide bonds. The number of urea groups is 1. The summed E-state index contributed by atoms with van der Waals surface area (Å²) >= 11 is 0. The third-order valence-electron chi connectivity index (χ3n) is 2.35. The molecule has 0 aromatic carbocycles. The van der Waals surface area contributed by atoms with Gasteiger partial charge in [0.05, 0.1) is 0 Å². The molecule has 0 aliphatic heterocycles. The molecule has 1 atom stereocenters. The van der Waals surface area contributed by atoms with Crippen molar-refractivity contribution in [2.24, 2.45) is 0 Å². The minimum Gasteiger partial charge on any atom is -0.480 e. The van der Waals surface area contributed by atoms with Gasteiger partial charge in [0.2, 0.25) is 0 Å². The summed E-state index contributed by atoms with van der Waals surface area (Å²) in [7, 11) is 3.92. The molecule has 0 aromatic rings. The lowest BCUT2D eigenvalue weighted by Crippen LogP contribution is -2.54. The Kier molecular flexibility index (Phi) is 5.95. The Morgan fingerprint density at radius 2 is 1.88 bits per heavy atom. The number of aliphatic carboxylic acids is 1. The van der Waals surface area contributed by atoms with Crippen LogP contribution in [0.5, 0.6) is 0 Å². The Labute approximate surface area is 102 Å². The van der Waals surface area contributed by atoms with Gasteiger partial charge in [0.15, 0.2) is 0 Å². The molecule has 0 radical (unpaired) electrons. The van der Waals surface area contributed by atoms with E-state index in [1.54, 1.807) is 0 Å². The molecule has 0 aliphatic carbocycles. The standard InChI is InChI=1S/C11H23N3O3/c1-8(6-7-14(4)5)12-10(17)13-11(2,3)9(15)16/h8H,6-7H2,1-5H3,(H,15,16)(H2,12,13,17). The van der Waals surface area contributed by atoms with Crippen LogP contribution in [0, 0.1) is 0 Å². The Hall–Kier alpha value is -1.30. The summed E-state index contributed by atoms with van der Waals surface area (Å²) in [6, 6.07) is -0.453. The highest BCUT2D eigenvalue weighted by Crippen LogP contribution is 2.01. The van der Waals surface area contributed by atoms with E-state index < -0.39 is 17.5 Å². The van der Waals surface area contributed by atoms with E-state index in [-0.39, 0.29) is 6.04 Å². The number of hydrogen-bond donors (Lipinski definition) is 3. The smallest absolute Gasteiger partial charge is 0.328 e. The fourth-order valence-electron chi connectivity index (χ4n) is 1.12. The molecule has 0 aliphatic rings. The maximum atomic E-state index is 11.5. The number of rotatable bonds is 6. The van der Waals surface area contributed by atoms with Crippen molar-refractivity contribution in [3.05, 3.63) is 0 Å². The zero-order chi connectivity index (χ0) is 13.6. The van der Waals surface area contributed by atoms with Crippen molar-refractivity contribution in [2.45, 2.75) is 38.8 Å².